The van der Waals surface area contributed by atoms with Crippen LogP contribution in [0.5, 0.6) is 0 Å². The number of hydrogen-bond acceptors (Lipinski definition) is 12. The fourth-order valence-electron chi connectivity index (χ4n) is 11.3. The van der Waals surface area contributed by atoms with Crippen LogP contribution in [-0.2, 0) is 57.1 Å². The van der Waals surface area contributed by atoms with E-state index in [1.54, 1.807) is 0 Å². The Kier molecular flexibility index (Phi) is 15.5. The Hall–Kier alpha value is -1.96. The third kappa shape index (κ3) is 11.0. The van der Waals surface area contributed by atoms with Crippen molar-refractivity contribution in [2.45, 2.75) is 244 Å². The number of esters is 2. The van der Waals surface area contributed by atoms with Crippen molar-refractivity contribution in [2.24, 2.45) is 35.5 Å². The first-order valence-electron chi connectivity index (χ1n) is 24.0. The summed E-state index contributed by atoms with van der Waals surface area (Å²) < 4.78 is 51.4. The molecule has 340 valence electrons. The van der Waals surface area contributed by atoms with E-state index >= 15 is 0 Å². The van der Waals surface area contributed by atoms with E-state index in [-0.39, 0.29) is 133 Å². The van der Waals surface area contributed by atoms with Crippen LogP contribution in [0.3, 0.4) is 0 Å². The highest BCUT2D eigenvalue weighted by Gasteiger charge is 2.45. The summed E-state index contributed by atoms with van der Waals surface area (Å²) in [7, 11) is 0. The molecule has 60 heavy (non-hydrogen) atoms. The summed E-state index contributed by atoms with van der Waals surface area (Å²) in [6.45, 7) is 16.0. The Morgan fingerprint density at radius 2 is 0.717 bits per heavy atom. The summed E-state index contributed by atoms with van der Waals surface area (Å²) in [5.74, 6) is -2.07. The van der Waals surface area contributed by atoms with Crippen molar-refractivity contribution in [2.75, 3.05) is 0 Å². The first kappa shape index (κ1) is 46.0. The Labute approximate surface area is 358 Å². The smallest absolute Gasteiger partial charge is 0.311 e. The normalized spacial score (nSPS) is 46.5. The zero-order valence-corrected chi connectivity index (χ0v) is 37.8. The highest BCUT2D eigenvalue weighted by atomic mass is 16.6. The highest BCUT2D eigenvalue weighted by molar-refractivity contribution is 5.82. The largest absolute Gasteiger partial charge is 0.462 e. The molecule has 0 unspecified atom stereocenters. The number of carbonyl (C=O) groups excluding carboxylic acids is 4. The lowest BCUT2D eigenvalue weighted by Gasteiger charge is -2.32. The van der Waals surface area contributed by atoms with Gasteiger partial charge in [0.25, 0.3) is 0 Å². The van der Waals surface area contributed by atoms with Gasteiger partial charge in [0.2, 0.25) is 0 Å². The molecule has 0 aromatic rings. The second-order valence-corrected chi connectivity index (χ2v) is 20.3. The molecule has 7 aliphatic rings. The average Bonchev–Trinajstić information content (AvgIpc) is 4.09. The lowest BCUT2D eigenvalue weighted by molar-refractivity contribution is -0.167. The second-order valence-electron chi connectivity index (χ2n) is 20.3. The Bertz CT molecular complexity index is 1380. The summed E-state index contributed by atoms with van der Waals surface area (Å²) in [6.07, 6.45) is 8.73. The van der Waals surface area contributed by atoms with Crippen molar-refractivity contribution in [3.8, 4) is 0 Å². The molecule has 0 saturated carbocycles. The lowest BCUT2D eigenvalue weighted by atomic mass is 9.90. The minimum atomic E-state index is -0.496. The van der Waals surface area contributed by atoms with E-state index in [0.717, 1.165) is 51.4 Å². The van der Waals surface area contributed by atoms with E-state index < -0.39 is 24.0 Å². The molecular weight excluding hydrogens is 769 g/mol. The van der Waals surface area contributed by atoms with E-state index in [2.05, 4.69) is 27.7 Å². The van der Waals surface area contributed by atoms with Crippen LogP contribution in [0, 0.1) is 35.5 Å². The van der Waals surface area contributed by atoms with Crippen LogP contribution in [-0.4, -0.2) is 109 Å². The molecule has 7 saturated heterocycles. The summed E-state index contributed by atoms with van der Waals surface area (Å²) in [6, 6.07) is 0. The maximum Gasteiger partial charge on any atom is 0.311 e. The molecule has 0 spiro atoms. The van der Waals surface area contributed by atoms with Gasteiger partial charge in [-0.05, 0) is 105 Å². The van der Waals surface area contributed by atoms with E-state index in [0.29, 0.717) is 38.5 Å². The van der Waals surface area contributed by atoms with Crippen molar-refractivity contribution in [1.29, 1.82) is 0 Å². The van der Waals surface area contributed by atoms with E-state index in [1.165, 1.54) is 0 Å². The number of Topliss-reactive ketones (excluding diaryl/α,β-unsaturated/α-hetero) is 2. The Morgan fingerprint density at radius 1 is 0.383 bits per heavy atom. The zero-order valence-electron chi connectivity index (χ0n) is 37.8. The van der Waals surface area contributed by atoms with Crippen molar-refractivity contribution in [3.05, 3.63) is 0 Å². The van der Waals surface area contributed by atoms with Crippen LogP contribution in [0.4, 0.5) is 0 Å². The predicted molar refractivity (Wildman–Crippen MR) is 222 cm³/mol. The molecule has 0 aromatic carbocycles. The third-order valence-corrected chi connectivity index (χ3v) is 15.8. The average molecular weight is 845 g/mol. The molecule has 0 N–H and O–H groups in total. The van der Waals surface area contributed by atoms with E-state index in [1.807, 2.05) is 27.7 Å². The van der Waals surface area contributed by atoms with Crippen molar-refractivity contribution in [1.82, 2.24) is 0 Å². The number of ether oxygens (including phenoxy) is 8. The topological polar surface area (TPSA) is 142 Å². The van der Waals surface area contributed by atoms with Crippen molar-refractivity contribution >= 4 is 23.5 Å². The molecule has 7 rings (SSSR count). The first-order valence-corrected chi connectivity index (χ1v) is 24.0. The van der Waals surface area contributed by atoms with Crippen LogP contribution in [0.2, 0.25) is 0 Å². The van der Waals surface area contributed by atoms with Gasteiger partial charge in [0.15, 0.2) is 0 Å². The van der Waals surface area contributed by atoms with Crippen LogP contribution in [0.25, 0.3) is 0 Å². The van der Waals surface area contributed by atoms with Gasteiger partial charge in [-0.2, -0.15) is 0 Å². The van der Waals surface area contributed by atoms with E-state index in [9.17, 15) is 19.2 Å². The second kappa shape index (κ2) is 20.3. The molecule has 8 bridgehead atoms. The number of hydrogen-bond donors (Lipinski definition) is 0. The highest BCUT2D eigenvalue weighted by Crippen LogP contribution is 2.39. The molecule has 12 nitrogen and oxygen atoms in total. The van der Waals surface area contributed by atoms with Gasteiger partial charge in [0, 0.05) is 49.4 Å². The van der Waals surface area contributed by atoms with Gasteiger partial charge < -0.3 is 37.9 Å². The molecule has 0 aromatic heterocycles. The molecule has 0 aliphatic carbocycles. The van der Waals surface area contributed by atoms with Gasteiger partial charge in [0.1, 0.15) is 23.8 Å². The molecular formula is C48H76O12. The maximum atomic E-state index is 13.9. The molecule has 7 heterocycles. The quantitative estimate of drug-likeness (QED) is 0.257. The predicted octanol–water partition coefficient (Wildman–Crippen LogP) is 7.66. The van der Waals surface area contributed by atoms with Crippen LogP contribution in [0.1, 0.15) is 158 Å². The number of carbonyl (C=O) groups is 4. The van der Waals surface area contributed by atoms with Gasteiger partial charge in [-0.1, -0.05) is 27.7 Å². The molecule has 12 heteroatoms. The first-order chi connectivity index (χ1) is 28.6. The van der Waals surface area contributed by atoms with Crippen LogP contribution >= 0.6 is 0 Å². The third-order valence-electron chi connectivity index (χ3n) is 15.8. The maximum absolute atomic E-state index is 13.9. The number of rotatable bonds is 4. The summed E-state index contributed by atoms with van der Waals surface area (Å²) in [5.41, 5.74) is 0. The Balaban J connectivity index is 1.06. The molecule has 7 fully saturated rings. The lowest BCUT2D eigenvalue weighted by Crippen LogP contribution is -2.39. The Morgan fingerprint density at radius 3 is 1.07 bits per heavy atom. The number of fused-ring (bicyclic) bond motifs is 8. The summed E-state index contributed by atoms with van der Waals surface area (Å²) in [5, 5.41) is 0. The van der Waals surface area contributed by atoms with Gasteiger partial charge in [-0.3, -0.25) is 19.2 Å². The van der Waals surface area contributed by atoms with Crippen molar-refractivity contribution in [3.63, 3.8) is 0 Å². The van der Waals surface area contributed by atoms with Gasteiger partial charge >= 0.3 is 11.9 Å². The van der Waals surface area contributed by atoms with Crippen molar-refractivity contribution < 1.29 is 57.1 Å². The minimum Gasteiger partial charge on any atom is -0.462 e. The standard InChI is InChI=1S/C48H76O12/c1-25-9-15-41(53-25)29(5)45-23-35-13-17-39(57-35)27(3)37(49)22-34-12-20-44(56-34)32(8)48(52)60-46(30(6)42-16-10-26(2)54-42)24-36-14-18-40(58-36)28(4)38(50)21-33-11-19-43(55-33)31(7)47(51)59-45/h25-36,39-46H,9-24H2,1-8H3/t25-,26-,27-,28+,29+,30+,31-,32-,33+,34+,35+,36+,39-,40-,41+,42+,43+,44+,45-,46-/m1/s1. The van der Waals surface area contributed by atoms with Gasteiger partial charge in [-0.25, -0.2) is 0 Å². The molecule has 0 amide bonds. The van der Waals surface area contributed by atoms with Crippen LogP contribution in [0.15, 0.2) is 0 Å². The SMILES string of the molecule is C[C@@H]([C@@H]1CC[C@@H](C)O1)[C@H]1C[C@@H]2CC[C@@H](O2)[C@H](C)C(=O)C[C@@H]2CC[C@H](O2)[C@@H](C)C(=O)O[C@@H]([C@@H](C)[C@@H]2CC[C@@H](C)O2)C[C@@H]2CC[C@@H](O2)[C@@H](C)C(=O)C[C@@H]2CC[C@H](O2)[C@@H](C)C(=O)O1. The summed E-state index contributed by atoms with van der Waals surface area (Å²) in [4.78, 5) is 55.3. The fourth-order valence-corrected chi connectivity index (χ4v) is 11.3. The number of cyclic esters (lactones) is 2. The number of ketones is 2. The minimum absolute atomic E-state index is 0.0145. The van der Waals surface area contributed by atoms with Gasteiger partial charge in [-0.15, -0.1) is 0 Å². The fraction of sp³-hybridized carbons (Fsp3) is 0.917. The summed E-state index contributed by atoms with van der Waals surface area (Å²) >= 11 is 0. The monoisotopic (exact) mass is 845 g/mol. The molecule has 20 atom stereocenters. The molecule has 0 radical (unpaired) electrons. The zero-order chi connectivity index (χ0) is 42.8. The molecule has 7 aliphatic heterocycles. The van der Waals surface area contributed by atoms with Gasteiger partial charge in [0.05, 0.1) is 85.1 Å². The van der Waals surface area contributed by atoms with E-state index in [4.69, 9.17) is 37.9 Å². The van der Waals surface area contributed by atoms with Crippen LogP contribution < -0.4 is 0 Å².